The summed E-state index contributed by atoms with van der Waals surface area (Å²) in [5.74, 6) is -1.26. The molecule has 2 rings (SSSR count). The Morgan fingerprint density at radius 1 is 0.750 bits per heavy atom. The zero-order valence-electron chi connectivity index (χ0n) is 16.9. The summed E-state index contributed by atoms with van der Waals surface area (Å²) in [5, 5.41) is 4.69. The van der Waals surface area contributed by atoms with Crippen LogP contribution in [0.4, 0.5) is 37.7 Å². The van der Waals surface area contributed by atoms with Gasteiger partial charge in [-0.05, 0) is 36.4 Å². The molecule has 5 nitrogen and oxygen atoms in total. The topological polar surface area (TPSA) is 58.2 Å². The van der Waals surface area contributed by atoms with Gasteiger partial charge in [0.1, 0.15) is 0 Å². The monoisotopic (exact) mass is 483 g/mol. The van der Waals surface area contributed by atoms with Crippen molar-refractivity contribution in [3.63, 3.8) is 0 Å². The molecule has 2 N–H and O–H groups in total. The lowest BCUT2D eigenvalue weighted by Crippen LogP contribution is -3.00. The van der Waals surface area contributed by atoms with Gasteiger partial charge in [0.2, 0.25) is 0 Å². The predicted molar refractivity (Wildman–Crippen MR) is 102 cm³/mol. The van der Waals surface area contributed by atoms with Gasteiger partial charge >= 0.3 is 12.4 Å². The fourth-order valence-corrected chi connectivity index (χ4v) is 2.78. The Morgan fingerprint density at radius 2 is 1.09 bits per heavy atom. The van der Waals surface area contributed by atoms with E-state index in [2.05, 4.69) is 10.6 Å². The molecule has 2 aromatic rings. The van der Waals surface area contributed by atoms with E-state index in [1.54, 1.807) is 0 Å². The van der Waals surface area contributed by atoms with E-state index in [1.165, 1.54) is 26.2 Å². The molecule has 2 amide bonds. The van der Waals surface area contributed by atoms with Crippen LogP contribution in [-0.2, 0) is 21.9 Å². The number of likely N-dealkylation sites (N-methyl/N-ethyl adjacent to an activating group) is 1. The number of nitrogens with zero attached hydrogens (tertiary/aromatic N) is 1. The first kappa shape index (κ1) is 27.2. The minimum Gasteiger partial charge on any atom is -1.00 e. The summed E-state index contributed by atoms with van der Waals surface area (Å²) in [4.78, 5) is 24.4. The van der Waals surface area contributed by atoms with Gasteiger partial charge in [-0.15, -0.1) is 0 Å². The third-order valence-electron chi connectivity index (χ3n) is 4.09. The van der Waals surface area contributed by atoms with Crippen molar-refractivity contribution in [2.75, 3.05) is 37.8 Å². The van der Waals surface area contributed by atoms with Gasteiger partial charge in [0.25, 0.3) is 11.8 Å². The average Bonchev–Trinajstić information content (AvgIpc) is 2.59. The van der Waals surface area contributed by atoms with Gasteiger partial charge in [-0.1, -0.05) is 12.1 Å². The maximum atomic E-state index is 12.8. The highest BCUT2D eigenvalue weighted by atomic mass is 35.5. The van der Waals surface area contributed by atoms with Crippen molar-refractivity contribution in [1.29, 1.82) is 0 Å². The van der Waals surface area contributed by atoms with Crippen molar-refractivity contribution in [3.05, 3.63) is 59.7 Å². The zero-order valence-corrected chi connectivity index (χ0v) is 17.7. The number of nitrogens with one attached hydrogen (secondary N) is 2. The molecule has 0 heterocycles. The second-order valence-electron chi connectivity index (χ2n) is 7.51. The third kappa shape index (κ3) is 8.39. The van der Waals surface area contributed by atoms with E-state index in [4.69, 9.17) is 0 Å². The molecule has 32 heavy (non-hydrogen) atoms. The number of rotatable bonds is 6. The molecule has 0 bridgehead atoms. The predicted octanol–water partition coefficient (Wildman–Crippen LogP) is 1.38. The number of alkyl halides is 6. The van der Waals surface area contributed by atoms with E-state index < -0.39 is 35.3 Å². The Morgan fingerprint density at radius 3 is 1.41 bits per heavy atom. The summed E-state index contributed by atoms with van der Waals surface area (Å²) in [7, 11) is 3.05. The van der Waals surface area contributed by atoms with Crippen LogP contribution in [-0.4, -0.2) is 43.5 Å². The van der Waals surface area contributed by atoms with E-state index >= 15 is 0 Å². The number of benzene rings is 2. The maximum Gasteiger partial charge on any atom is 0.416 e. The largest absolute Gasteiger partial charge is 1.00 e. The first-order valence-corrected chi connectivity index (χ1v) is 8.92. The fourth-order valence-electron chi connectivity index (χ4n) is 2.78. The number of anilines is 2. The molecule has 0 aromatic heterocycles. The van der Waals surface area contributed by atoms with Gasteiger partial charge in [-0.2, -0.15) is 26.3 Å². The van der Waals surface area contributed by atoms with Crippen LogP contribution >= 0.6 is 0 Å². The Hall–Kier alpha value is -2.79. The van der Waals surface area contributed by atoms with Crippen LogP contribution in [0.25, 0.3) is 0 Å². The van der Waals surface area contributed by atoms with Crippen LogP contribution in [0.3, 0.4) is 0 Å². The molecule has 0 fully saturated rings. The van der Waals surface area contributed by atoms with E-state index in [1.807, 2.05) is 0 Å². The van der Waals surface area contributed by atoms with Crippen LogP contribution in [0.15, 0.2) is 48.5 Å². The summed E-state index contributed by atoms with van der Waals surface area (Å²) in [6, 6.07) is 8.22. The fraction of sp³-hybridized carbons (Fsp3) is 0.300. The minimum absolute atomic E-state index is 0. The summed E-state index contributed by atoms with van der Waals surface area (Å²) in [5.41, 5.74) is -1.93. The Kier molecular flexibility index (Phi) is 8.70. The van der Waals surface area contributed by atoms with Crippen molar-refractivity contribution >= 4 is 23.2 Å². The number of halogens is 7. The van der Waals surface area contributed by atoms with E-state index in [9.17, 15) is 35.9 Å². The van der Waals surface area contributed by atoms with Crippen molar-refractivity contribution < 1.29 is 52.8 Å². The molecule has 0 saturated heterocycles. The summed E-state index contributed by atoms with van der Waals surface area (Å²) < 4.78 is 76.4. The van der Waals surface area contributed by atoms with Crippen molar-refractivity contribution in [1.82, 2.24) is 0 Å². The first-order valence-electron chi connectivity index (χ1n) is 8.92. The van der Waals surface area contributed by atoms with Gasteiger partial charge in [0.15, 0.2) is 13.1 Å². The van der Waals surface area contributed by atoms with Crippen LogP contribution in [0.2, 0.25) is 0 Å². The maximum absolute atomic E-state index is 12.8. The zero-order chi connectivity index (χ0) is 23.4. The number of carbonyl (C=O) groups excluding carboxylic acids is 2. The standard InChI is InChI=1S/C20H19F6N3O2.ClH/c1-29(2,11-17(30)27-15-7-3-5-13(9-15)19(21,22)23)12-18(31)28-16-8-4-6-14(10-16)20(24,25)26;/h3-10H,11-12H2,1-2H3,(H-,27,28,30,31);1H. The Labute approximate surface area is 186 Å². The average molecular weight is 484 g/mol. The van der Waals surface area contributed by atoms with Crippen LogP contribution in [0, 0.1) is 0 Å². The first-order chi connectivity index (χ1) is 14.2. The van der Waals surface area contributed by atoms with Crippen molar-refractivity contribution in [2.24, 2.45) is 0 Å². The lowest BCUT2D eigenvalue weighted by Gasteiger charge is -2.28. The van der Waals surface area contributed by atoms with Gasteiger partial charge < -0.3 is 27.5 Å². The normalized spacial score (nSPS) is 12.0. The highest BCUT2D eigenvalue weighted by molar-refractivity contribution is 5.93. The number of amides is 2. The minimum atomic E-state index is -4.56. The highest BCUT2D eigenvalue weighted by Crippen LogP contribution is 2.31. The summed E-state index contributed by atoms with van der Waals surface area (Å²) in [6.45, 7) is -0.515. The molecule has 0 aliphatic rings. The van der Waals surface area contributed by atoms with E-state index in [0.29, 0.717) is 0 Å². The second kappa shape index (κ2) is 10.2. The van der Waals surface area contributed by atoms with Crippen LogP contribution < -0.4 is 23.0 Å². The molecule has 0 spiro atoms. The molecular formula is C20H20ClF6N3O2. The summed E-state index contributed by atoms with van der Waals surface area (Å²) >= 11 is 0. The summed E-state index contributed by atoms with van der Waals surface area (Å²) in [6.07, 6.45) is -9.12. The van der Waals surface area contributed by atoms with Crippen LogP contribution in [0.1, 0.15) is 11.1 Å². The molecule has 0 unspecified atom stereocenters. The molecule has 0 aliphatic carbocycles. The molecule has 0 saturated carbocycles. The Bertz CT molecular complexity index is 885. The lowest BCUT2D eigenvalue weighted by molar-refractivity contribution is -0.874. The highest BCUT2D eigenvalue weighted by Gasteiger charge is 2.32. The molecule has 0 aliphatic heterocycles. The van der Waals surface area contributed by atoms with Crippen molar-refractivity contribution in [2.45, 2.75) is 12.4 Å². The Balaban J connectivity index is 0.00000512. The lowest BCUT2D eigenvalue weighted by atomic mass is 10.2. The van der Waals surface area contributed by atoms with Crippen molar-refractivity contribution in [3.8, 4) is 0 Å². The quantitative estimate of drug-likeness (QED) is 0.482. The van der Waals surface area contributed by atoms with E-state index in [-0.39, 0.29) is 41.4 Å². The van der Waals surface area contributed by atoms with E-state index in [0.717, 1.165) is 36.4 Å². The number of hydrogen-bond donors (Lipinski definition) is 2. The SMILES string of the molecule is C[N+](C)(CC(=O)Nc1cccc(C(F)(F)F)c1)CC(=O)Nc1cccc(C(F)(F)F)c1.[Cl-]. The van der Waals surface area contributed by atoms with Gasteiger partial charge in [-0.25, -0.2) is 0 Å². The van der Waals surface area contributed by atoms with Gasteiger partial charge in [0, 0.05) is 11.4 Å². The molecule has 0 atom stereocenters. The molecule has 12 heteroatoms. The molecule has 0 radical (unpaired) electrons. The van der Waals surface area contributed by atoms with Gasteiger partial charge in [-0.3, -0.25) is 9.59 Å². The molecule has 176 valence electrons. The molecule has 2 aromatic carbocycles. The number of carbonyl (C=O) groups is 2. The molecular weight excluding hydrogens is 464 g/mol. The van der Waals surface area contributed by atoms with Crippen LogP contribution in [0.5, 0.6) is 0 Å². The number of hydrogen-bond acceptors (Lipinski definition) is 2. The third-order valence-corrected chi connectivity index (χ3v) is 4.09. The van der Waals surface area contributed by atoms with Gasteiger partial charge in [0.05, 0.1) is 25.2 Å². The number of quaternary nitrogens is 1. The second-order valence-corrected chi connectivity index (χ2v) is 7.51. The smallest absolute Gasteiger partial charge is 0.416 e.